The maximum absolute atomic E-state index is 13.1. The zero-order valence-corrected chi connectivity index (χ0v) is 14.2. The zero-order valence-electron chi connectivity index (χ0n) is 14.2. The van der Waals surface area contributed by atoms with Crippen LogP contribution in [0.5, 0.6) is 5.75 Å². The fourth-order valence-electron chi connectivity index (χ4n) is 3.41. The molecular formula is C19H21N3O2. The van der Waals surface area contributed by atoms with Crippen molar-refractivity contribution < 1.29 is 9.53 Å². The van der Waals surface area contributed by atoms with Gasteiger partial charge < -0.3 is 10.5 Å². The second-order valence-electron chi connectivity index (χ2n) is 7.47. The smallest absolute Gasteiger partial charge is 0.262 e. The van der Waals surface area contributed by atoms with Crippen molar-refractivity contribution in [1.29, 1.82) is 0 Å². The van der Waals surface area contributed by atoms with Gasteiger partial charge in [0.2, 0.25) is 0 Å². The second kappa shape index (κ2) is 4.76. The molecule has 0 saturated heterocycles. The highest BCUT2D eigenvalue weighted by Crippen LogP contribution is 2.53. The van der Waals surface area contributed by atoms with Crippen molar-refractivity contribution in [1.82, 2.24) is 4.90 Å². The summed E-state index contributed by atoms with van der Waals surface area (Å²) in [5.41, 5.74) is 6.08. The van der Waals surface area contributed by atoms with Gasteiger partial charge in [-0.3, -0.25) is 9.69 Å². The van der Waals surface area contributed by atoms with E-state index in [2.05, 4.69) is 16.8 Å². The predicted octanol–water partition coefficient (Wildman–Crippen LogP) is 1.85. The fourth-order valence-corrected chi connectivity index (χ4v) is 3.41. The van der Waals surface area contributed by atoms with Crippen LogP contribution in [0.15, 0.2) is 23.2 Å². The van der Waals surface area contributed by atoms with Crippen molar-refractivity contribution in [3.05, 3.63) is 29.3 Å². The predicted molar refractivity (Wildman–Crippen MR) is 91.4 cm³/mol. The monoisotopic (exact) mass is 323 g/mol. The van der Waals surface area contributed by atoms with Gasteiger partial charge in [0.25, 0.3) is 5.91 Å². The van der Waals surface area contributed by atoms with Crippen LogP contribution in [0, 0.1) is 23.2 Å². The Bertz CT molecular complexity index is 827. The molecule has 1 aromatic carbocycles. The number of nitrogens with zero attached hydrogens (tertiary/aromatic N) is 2. The summed E-state index contributed by atoms with van der Waals surface area (Å²) in [6.07, 6.45) is 2.37. The molecule has 0 aromatic heterocycles. The van der Waals surface area contributed by atoms with E-state index in [-0.39, 0.29) is 11.9 Å². The highest BCUT2D eigenvalue weighted by molar-refractivity contribution is 6.08. The van der Waals surface area contributed by atoms with Gasteiger partial charge >= 0.3 is 0 Å². The maximum Gasteiger partial charge on any atom is 0.262 e. The fraction of sp³-hybridized carbons (Fsp3) is 0.474. The molecule has 5 heteroatoms. The molecule has 1 spiro atoms. The molecule has 2 heterocycles. The number of rotatable bonds is 0. The average Bonchev–Trinajstić information content (AvgIpc) is 3.34. The minimum atomic E-state index is -1.04. The molecule has 1 atom stereocenters. The first-order valence-electron chi connectivity index (χ1n) is 8.27. The molecule has 5 nitrogen and oxygen atoms in total. The summed E-state index contributed by atoms with van der Waals surface area (Å²) < 4.78 is 5.91. The lowest BCUT2D eigenvalue weighted by Crippen LogP contribution is -2.53. The number of aliphatic imine (C=N–C) groups is 1. The number of carbonyl (C=O) groups excluding carboxylic acids is 1. The quantitative estimate of drug-likeness (QED) is 0.741. The zero-order chi connectivity index (χ0) is 17.1. The minimum Gasteiger partial charge on any atom is -0.493 e. The van der Waals surface area contributed by atoms with Gasteiger partial charge in [-0.25, -0.2) is 4.99 Å². The summed E-state index contributed by atoms with van der Waals surface area (Å²) in [5.74, 6) is 7.83. The van der Waals surface area contributed by atoms with Crippen LogP contribution in [0.25, 0.3) is 0 Å². The van der Waals surface area contributed by atoms with Crippen LogP contribution >= 0.6 is 0 Å². The third-order valence-corrected chi connectivity index (χ3v) is 5.18. The molecule has 1 aliphatic carbocycles. The molecular weight excluding hydrogens is 302 g/mol. The van der Waals surface area contributed by atoms with Crippen LogP contribution in [-0.4, -0.2) is 30.4 Å². The highest BCUT2D eigenvalue weighted by Gasteiger charge is 2.61. The number of benzene rings is 1. The number of amides is 1. The molecule has 1 fully saturated rings. The largest absolute Gasteiger partial charge is 0.493 e. The summed E-state index contributed by atoms with van der Waals surface area (Å²) in [4.78, 5) is 19.2. The van der Waals surface area contributed by atoms with Crippen LogP contribution in [-0.2, 0) is 10.3 Å². The van der Waals surface area contributed by atoms with Gasteiger partial charge in [0, 0.05) is 29.5 Å². The summed E-state index contributed by atoms with van der Waals surface area (Å²) in [6.45, 7) is 4.39. The van der Waals surface area contributed by atoms with Crippen LogP contribution in [0.2, 0.25) is 0 Å². The molecule has 1 aromatic rings. The topological polar surface area (TPSA) is 67.9 Å². The van der Waals surface area contributed by atoms with E-state index in [1.807, 2.05) is 32.0 Å². The van der Waals surface area contributed by atoms with Crippen molar-refractivity contribution in [3.8, 4) is 17.6 Å². The lowest BCUT2D eigenvalue weighted by atomic mass is 9.66. The maximum atomic E-state index is 13.1. The molecule has 3 aliphatic rings. The molecule has 0 radical (unpaired) electrons. The standard InChI is InChI=1S/C19H21N3O2/c1-18(2)11-24-15-9-8-13(7-6-12-4-5-12)10-14(15)19(18)16(23)22(3)17(20)21-19/h8-10,12H,4-5,11H2,1-3H3,(H2,20,21). The molecule has 0 bridgehead atoms. The van der Waals surface area contributed by atoms with E-state index in [0.717, 1.165) is 11.1 Å². The van der Waals surface area contributed by atoms with Crippen LogP contribution in [0.4, 0.5) is 0 Å². The average molecular weight is 323 g/mol. The molecule has 1 amide bonds. The number of nitrogens with two attached hydrogens (primary N) is 1. The molecule has 2 N–H and O–H groups in total. The molecule has 24 heavy (non-hydrogen) atoms. The Morgan fingerprint density at radius 3 is 2.75 bits per heavy atom. The van der Waals surface area contributed by atoms with Crippen molar-refractivity contribution >= 4 is 11.9 Å². The van der Waals surface area contributed by atoms with Gasteiger partial charge in [0.1, 0.15) is 5.75 Å². The van der Waals surface area contributed by atoms with E-state index in [1.165, 1.54) is 17.7 Å². The van der Waals surface area contributed by atoms with Crippen LogP contribution in [0.3, 0.4) is 0 Å². The van der Waals surface area contributed by atoms with Crippen LogP contribution < -0.4 is 10.5 Å². The second-order valence-corrected chi connectivity index (χ2v) is 7.47. The number of fused-ring (bicyclic) bond motifs is 2. The van der Waals surface area contributed by atoms with Gasteiger partial charge in [0.15, 0.2) is 11.5 Å². The summed E-state index contributed by atoms with van der Waals surface area (Å²) in [5, 5.41) is 0. The normalized spacial score (nSPS) is 27.2. The first-order valence-corrected chi connectivity index (χ1v) is 8.27. The van der Waals surface area contributed by atoms with E-state index in [4.69, 9.17) is 10.5 Å². The lowest BCUT2D eigenvalue weighted by Gasteiger charge is -2.44. The molecule has 2 aliphatic heterocycles. The van der Waals surface area contributed by atoms with Crippen LogP contribution in [0.1, 0.15) is 37.8 Å². The first-order chi connectivity index (χ1) is 11.3. The SMILES string of the molecule is CN1C(=O)C2(N=C1N)c1cc(C#CC3CC3)ccc1OCC2(C)C. The Hall–Kier alpha value is -2.48. The van der Waals surface area contributed by atoms with Crippen molar-refractivity contribution in [2.45, 2.75) is 32.2 Å². The number of hydrogen-bond acceptors (Lipinski definition) is 4. The third-order valence-electron chi connectivity index (χ3n) is 5.18. The number of likely N-dealkylation sites (N-methyl/N-ethyl adjacent to an activating group) is 1. The van der Waals surface area contributed by atoms with Gasteiger partial charge in [-0.05, 0) is 31.0 Å². The molecule has 4 rings (SSSR count). The van der Waals surface area contributed by atoms with Gasteiger partial charge in [-0.1, -0.05) is 25.7 Å². The third kappa shape index (κ3) is 1.96. The molecule has 1 unspecified atom stereocenters. The highest BCUT2D eigenvalue weighted by atomic mass is 16.5. The van der Waals surface area contributed by atoms with Gasteiger partial charge in [-0.15, -0.1) is 0 Å². The number of hydrogen-bond donors (Lipinski definition) is 1. The van der Waals surface area contributed by atoms with E-state index in [1.54, 1.807) is 7.05 Å². The summed E-state index contributed by atoms with van der Waals surface area (Å²) in [6, 6.07) is 5.77. The Balaban J connectivity index is 1.90. The van der Waals surface area contributed by atoms with E-state index in [0.29, 0.717) is 18.3 Å². The minimum absolute atomic E-state index is 0.109. The Labute approximate surface area is 141 Å². The molecule has 1 saturated carbocycles. The number of guanidine groups is 1. The van der Waals surface area contributed by atoms with Crippen molar-refractivity contribution in [3.63, 3.8) is 0 Å². The lowest BCUT2D eigenvalue weighted by molar-refractivity contribution is -0.137. The summed E-state index contributed by atoms with van der Waals surface area (Å²) >= 11 is 0. The Kier molecular flexibility index (Phi) is 2.99. The number of ether oxygens (including phenoxy) is 1. The summed E-state index contributed by atoms with van der Waals surface area (Å²) in [7, 11) is 1.66. The van der Waals surface area contributed by atoms with Crippen molar-refractivity contribution in [2.75, 3.05) is 13.7 Å². The Morgan fingerprint density at radius 2 is 2.12 bits per heavy atom. The van der Waals surface area contributed by atoms with Crippen molar-refractivity contribution in [2.24, 2.45) is 22.1 Å². The van der Waals surface area contributed by atoms with Gasteiger partial charge in [-0.2, -0.15) is 0 Å². The van der Waals surface area contributed by atoms with E-state index < -0.39 is 11.0 Å². The Morgan fingerprint density at radius 1 is 1.38 bits per heavy atom. The molecule has 124 valence electrons. The first kappa shape index (κ1) is 15.1. The van der Waals surface area contributed by atoms with Gasteiger partial charge in [0.05, 0.1) is 6.61 Å². The van der Waals surface area contributed by atoms with E-state index >= 15 is 0 Å². The number of carbonyl (C=O) groups is 1. The van der Waals surface area contributed by atoms with E-state index in [9.17, 15) is 4.79 Å².